The number of rotatable bonds is 5. The maximum atomic E-state index is 5.33. The van der Waals surface area contributed by atoms with E-state index in [0.29, 0.717) is 0 Å². The van der Waals surface area contributed by atoms with Crippen molar-refractivity contribution >= 4 is 0 Å². The van der Waals surface area contributed by atoms with Crippen LogP contribution in [0.25, 0.3) is 0 Å². The number of aromatic nitrogens is 1. The molecule has 0 radical (unpaired) electrons. The number of nitrogens with zero attached hydrogens (tertiary/aromatic N) is 2. The van der Waals surface area contributed by atoms with Gasteiger partial charge in [-0.05, 0) is 32.5 Å². The molecule has 0 atom stereocenters. The molecular weight excluding hydrogens is 202 g/mol. The Hall–Kier alpha value is -0.870. The predicted molar refractivity (Wildman–Crippen MR) is 63.0 cm³/mol. The molecule has 0 saturated carbocycles. The second-order valence-corrected chi connectivity index (χ2v) is 4.40. The zero-order valence-electron chi connectivity index (χ0n) is 10.0. The first-order valence-corrected chi connectivity index (χ1v) is 6.26. The molecule has 4 heteroatoms. The van der Waals surface area contributed by atoms with Crippen LogP contribution in [0.15, 0.2) is 10.6 Å². The van der Waals surface area contributed by atoms with Crippen molar-refractivity contribution in [2.75, 3.05) is 19.6 Å². The molecule has 1 N–H and O–H groups in total. The van der Waals surface area contributed by atoms with E-state index in [9.17, 15) is 0 Å². The molecule has 4 nitrogen and oxygen atoms in total. The van der Waals surface area contributed by atoms with Crippen molar-refractivity contribution in [3.63, 3.8) is 0 Å². The highest BCUT2D eigenvalue weighted by Crippen LogP contribution is 2.13. The van der Waals surface area contributed by atoms with Crippen molar-refractivity contribution in [3.8, 4) is 0 Å². The lowest BCUT2D eigenvalue weighted by Crippen LogP contribution is -2.28. The molecule has 1 aliphatic heterocycles. The van der Waals surface area contributed by atoms with Crippen molar-refractivity contribution in [3.05, 3.63) is 17.5 Å². The molecule has 1 aromatic rings. The van der Waals surface area contributed by atoms with Crippen LogP contribution in [0, 0.1) is 0 Å². The van der Waals surface area contributed by atoms with Gasteiger partial charge in [0.15, 0.2) is 5.76 Å². The van der Waals surface area contributed by atoms with Gasteiger partial charge in [-0.1, -0.05) is 18.5 Å². The molecule has 0 bridgehead atoms. The number of hydrogen-bond acceptors (Lipinski definition) is 4. The van der Waals surface area contributed by atoms with E-state index in [1.807, 2.05) is 0 Å². The number of nitrogens with one attached hydrogen (secondary N) is 1. The Balaban J connectivity index is 1.81. The number of likely N-dealkylation sites (tertiary alicyclic amines) is 1. The summed E-state index contributed by atoms with van der Waals surface area (Å²) in [7, 11) is 0. The normalized spacial score (nSPS) is 17.8. The van der Waals surface area contributed by atoms with Gasteiger partial charge in [0.1, 0.15) is 0 Å². The summed E-state index contributed by atoms with van der Waals surface area (Å²) in [4.78, 5) is 2.45. The van der Waals surface area contributed by atoms with Crippen LogP contribution in [0.5, 0.6) is 0 Å². The molecule has 1 saturated heterocycles. The third-order valence-electron chi connectivity index (χ3n) is 2.99. The molecule has 16 heavy (non-hydrogen) atoms. The molecular formula is C12H21N3O. The summed E-state index contributed by atoms with van der Waals surface area (Å²) in [6.45, 7) is 7.18. The highest BCUT2D eigenvalue weighted by Gasteiger charge is 2.13. The van der Waals surface area contributed by atoms with E-state index in [-0.39, 0.29) is 0 Å². The highest BCUT2D eigenvalue weighted by molar-refractivity contribution is 5.05. The Morgan fingerprint density at radius 1 is 1.38 bits per heavy atom. The molecule has 1 fully saturated rings. The fraction of sp³-hybridized carbons (Fsp3) is 0.750. The van der Waals surface area contributed by atoms with Gasteiger partial charge in [0.25, 0.3) is 0 Å². The highest BCUT2D eigenvalue weighted by atomic mass is 16.5. The van der Waals surface area contributed by atoms with Crippen LogP contribution in [0.3, 0.4) is 0 Å². The molecule has 0 spiro atoms. The molecule has 0 aromatic carbocycles. The Bertz CT molecular complexity index is 305. The van der Waals surface area contributed by atoms with Gasteiger partial charge in [-0.15, -0.1) is 0 Å². The van der Waals surface area contributed by atoms with Gasteiger partial charge >= 0.3 is 0 Å². The fourth-order valence-electron chi connectivity index (χ4n) is 2.10. The standard InChI is InChI=1S/C12H21N3O/c1-2-13-9-11-8-12(16-14-11)10-15-6-4-3-5-7-15/h8,13H,2-7,9-10H2,1H3. The minimum Gasteiger partial charge on any atom is -0.360 e. The topological polar surface area (TPSA) is 41.3 Å². The van der Waals surface area contributed by atoms with Crippen molar-refractivity contribution in [2.24, 2.45) is 0 Å². The lowest BCUT2D eigenvalue weighted by Gasteiger charge is -2.24. The van der Waals surface area contributed by atoms with E-state index in [0.717, 1.165) is 31.1 Å². The molecule has 90 valence electrons. The maximum Gasteiger partial charge on any atom is 0.151 e. The Labute approximate surface area is 97.0 Å². The number of hydrogen-bond donors (Lipinski definition) is 1. The predicted octanol–water partition coefficient (Wildman–Crippen LogP) is 1.77. The second-order valence-electron chi connectivity index (χ2n) is 4.40. The van der Waals surface area contributed by atoms with E-state index in [2.05, 4.69) is 28.4 Å². The molecule has 2 heterocycles. The van der Waals surface area contributed by atoms with Gasteiger partial charge in [-0.2, -0.15) is 0 Å². The summed E-state index contributed by atoms with van der Waals surface area (Å²) >= 11 is 0. The first-order chi connectivity index (χ1) is 7.88. The zero-order chi connectivity index (χ0) is 11.2. The van der Waals surface area contributed by atoms with Crippen LogP contribution in [0.1, 0.15) is 37.6 Å². The third kappa shape index (κ3) is 3.32. The molecule has 1 aliphatic rings. The lowest BCUT2D eigenvalue weighted by molar-refractivity contribution is 0.197. The van der Waals surface area contributed by atoms with Gasteiger partial charge in [0, 0.05) is 12.6 Å². The monoisotopic (exact) mass is 223 g/mol. The third-order valence-corrected chi connectivity index (χ3v) is 2.99. The smallest absolute Gasteiger partial charge is 0.151 e. The van der Waals surface area contributed by atoms with Gasteiger partial charge in [0.2, 0.25) is 0 Å². The lowest BCUT2D eigenvalue weighted by atomic mass is 10.1. The summed E-state index contributed by atoms with van der Waals surface area (Å²) < 4.78 is 5.33. The van der Waals surface area contributed by atoms with Crippen molar-refractivity contribution in [2.45, 2.75) is 39.3 Å². The van der Waals surface area contributed by atoms with Crippen LogP contribution in [-0.2, 0) is 13.1 Å². The summed E-state index contributed by atoms with van der Waals surface area (Å²) in [5.74, 6) is 0.995. The summed E-state index contributed by atoms with van der Waals surface area (Å²) in [6.07, 6.45) is 4.01. The number of piperidine rings is 1. The van der Waals surface area contributed by atoms with Crippen LogP contribution in [0.2, 0.25) is 0 Å². The SMILES string of the molecule is CCNCc1cc(CN2CCCCC2)on1. The first-order valence-electron chi connectivity index (χ1n) is 6.26. The Morgan fingerprint density at radius 2 is 2.19 bits per heavy atom. The largest absolute Gasteiger partial charge is 0.360 e. The summed E-state index contributed by atoms with van der Waals surface area (Å²) in [5.41, 5.74) is 1.01. The van der Waals surface area contributed by atoms with E-state index < -0.39 is 0 Å². The average molecular weight is 223 g/mol. The van der Waals surface area contributed by atoms with E-state index in [1.165, 1.54) is 32.4 Å². The average Bonchev–Trinajstić information content (AvgIpc) is 2.75. The van der Waals surface area contributed by atoms with E-state index in [4.69, 9.17) is 4.52 Å². The van der Waals surface area contributed by atoms with E-state index in [1.54, 1.807) is 0 Å². The summed E-state index contributed by atoms with van der Waals surface area (Å²) in [5, 5.41) is 7.30. The van der Waals surface area contributed by atoms with Crippen molar-refractivity contribution in [1.82, 2.24) is 15.4 Å². The minimum absolute atomic E-state index is 0.806. The minimum atomic E-state index is 0.806. The van der Waals surface area contributed by atoms with E-state index >= 15 is 0 Å². The van der Waals surface area contributed by atoms with Gasteiger partial charge in [-0.3, -0.25) is 4.90 Å². The molecule has 1 aromatic heterocycles. The van der Waals surface area contributed by atoms with Crippen molar-refractivity contribution < 1.29 is 4.52 Å². The molecule has 0 unspecified atom stereocenters. The fourth-order valence-corrected chi connectivity index (χ4v) is 2.10. The van der Waals surface area contributed by atoms with Gasteiger partial charge in [0.05, 0.1) is 12.2 Å². The van der Waals surface area contributed by atoms with Crippen LogP contribution < -0.4 is 5.32 Å². The second kappa shape index (κ2) is 6.01. The molecule has 0 amide bonds. The van der Waals surface area contributed by atoms with Crippen LogP contribution in [-0.4, -0.2) is 29.7 Å². The molecule has 2 rings (SSSR count). The maximum absolute atomic E-state index is 5.33. The molecule has 0 aliphatic carbocycles. The van der Waals surface area contributed by atoms with Crippen LogP contribution >= 0.6 is 0 Å². The Morgan fingerprint density at radius 3 is 2.94 bits per heavy atom. The summed E-state index contributed by atoms with van der Waals surface area (Å²) in [6, 6.07) is 2.07. The zero-order valence-corrected chi connectivity index (χ0v) is 10.0. The van der Waals surface area contributed by atoms with Crippen molar-refractivity contribution in [1.29, 1.82) is 0 Å². The van der Waals surface area contributed by atoms with Gasteiger partial charge in [-0.25, -0.2) is 0 Å². The first kappa shape index (κ1) is 11.6. The van der Waals surface area contributed by atoms with Crippen LogP contribution in [0.4, 0.5) is 0 Å². The Kier molecular flexibility index (Phi) is 4.36. The quantitative estimate of drug-likeness (QED) is 0.826. The van der Waals surface area contributed by atoms with Gasteiger partial charge < -0.3 is 9.84 Å².